The number of hydrogen-bond acceptors (Lipinski definition) is 1. The van der Waals surface area contributed by atoms with E-state index in [1.165, 1.54) is 18.2 Å². The Balaban J connectivity index is 2.18. The summed E-state index contributed by atoms with van der Waals surface area (Å²) in [7, 11) is 0. The van der Waals surface area contributed by atoms with Gasteiger partial charge in [-0.3, -0.25) is 4.79 Å². The number of fused-ring (bicyclic) bond motifs is 1. The van der Waals surface area contributed by atoms with Crippen LogP contribution in [-0.4, -0.2) is 10.8 Å². The Morgan fingerprint density at radius 1 is 1.05 bits per heavy atom. The van der Waals surface area contributed by atoms with Crippen molar-refractivity contribution >= 4 is 48.5 Å². The van der Waals surface area contributed by atoms with Gasteiger partial charge in [-0.05, 0) is 46.3 Å². The fourth-order valence-electron chi connectivity index (χ4n) is 2.14. The van der Waals surface area contributed by atoms with Crippen molar-refractivity contribution in [2.24, 2.45) is 0 Å². The Kier molecular flexibility index (Phi) is 3.48. The van der Waals surface area contributed by atoms with Gasteiger partial charge in [-0.1, -0.05) is 22.0 Å². The Morgan fingerprint density at radius 2 is 1.85 bits per heavy atom. The summed E-state index contributed by atoms with van der Waals surface area (Å²) in [5.41, 5.74) is 1.86. The van der Waals surface area contributed by atoms with Crippen LogP contribution in [0.25, 0.3) is 10.9 Å². The average molecular weight is 397 g/mol. The molecule has 0 aliphatic heterocycles. The number of benzene rings is 2. The molecule has 0 unspecified atom stereocenters. The number of ketones is 1. The number of aromatic amines is 1. The zero-order valence-corrected chi connectivity index (χ0v) is 13.3. The first-order valence-corrected chi connectivity index (χ1v) is 7.42. The second kappa shape index (κ2) is 5.14. The van der Waals surface area contributed by atoms with Crippen LogP contribution >= 0.6 is 31.9 Å². The van der Waals surface area contributed by atoms with E-state index >= 15 is 0 Å². The average Bonchev–Trinajstić information content (AvgIpc) is 2.83. The van der Waals surface area contributed by atoms with Gasteiger partial charge in [0.15, 0.2) is 5.78 Å². The summed E-state index contributed by atoms with van der Waals surface area (Å²) < 4.78 is 14.4. The van der Waals surface area contributed by atoms with Gasteiger partial charge < -0.3 is 4.98 Å². The summed E-state index contributed by atoms with van der Waals surface area (Å²) in [5.74, 6) is -0.538. The van der Waals surface area contributed by atoms with Crippen LogP contribution in [0.3, 0.4) is 0 Å². The highest BCUT2D eigenvalue weighted by Gasteiger charge is 2.18. The number of aromatic nitrogens is 1. The molecule has 3 aromatic rings. The van der Waals surface area contributed by atoms with Crippen molar-refractivity contribution in [3.05, 3.63) is 68.5 Å². The lowest BCUT2D eigenvalue weighted by atomic mass is 10.0. The topological polar surface area (TPSA) is 32.9 Å². The van der Waals surface area contributed by atoms with Crippen molar-refractivity contribution in [1.82, 2.24) is 4.98 Å². The SMILES string of the molecule is O=C(c1ccc(F)cc1Br)c1c[nH]c2cccc(Br)c12. The highest BCUT2D eigenvalue weighted by molar-refractivity contribution is 9.11. The van der Waals surface area contributed by atoms with Crippen molar-refractivity contribution in [1.29, 1.82) is 0 Å². The molecule has 0 spiro atoms. The highest BCUT2D eigenvalue weighted by atomic mass is 79.9. The predicted molar refractivity (Wildman–Crippen MR) is 83.5 cm³/mol. The number of halogens is 3. The minimum atomic E-state index is -0.381. The first kappa shape index (κ1) is 13.5. The summed E-state index contributed by atoms with van der Waals surface area (Å²) in [4.78, 5) is 15.7. The van der Waals surface area contributed by atoms with Gasteiger partial charge in [0.25, 0.3) is 0 Å². The molecule has 2 nitrogen and oxygen atoms in total. The van der Waals surface area contributed by atoms with E-state index in [9.17, 15) is 9.18 Å². The van der Waals surface area contributed by atoms with Gasteiger partial charge >= 0.3 is 0 Å². The number of nitrogens with one attached hydrogen (secondary N) is 1. The van der Waals surface area contributed by atoms with Gasteiger partial charge in [-0.15, -0.1) is 0 Å². The molecule has 1 N–H and O–H groups in total. The summed E-state index contributed by atoms with van der Waals surface area (Å²) in [6.45, 7) is 0. The van der Waals surface area contributed by atoms with Gasteiger partial charge in [0, 0.05) is 37.2 Å². The zero-order valence-electron chi connectivity index (χ0n) is 10.1. The van der Waals surface area contributed by atoms with E-state index < -0.39 is 0 Å². The van der Waals surface area contributed by atoms with Crippen molar-refractivity contribution < 1.29 is 9.18 Å². The molecule has 0 atom stereocenters. The predicted octanol–water partition coefficient (Wildman–Crippen LogP) is 5.06. The maximum absolute atomic E-state index is 13.1. The molecule has 2 aromatic carbocycles. The van der Waals surface area contributed by atoms with Crippen molar-refractivity contribution in [2.45, 2.75) is 0 Å². The molecule has 5 heteroatoms. The molecular weight excluding hydrogens is 389 g/mol. The number of H-pyrrole nitrogens is 1. The molecule has 1 aromatic heterocycles. The smallest absolute Gasteiger partial charge is 0.196 e. The van der Waals surface area contributed by atoms with Crippen LogP contribution in [0.2, 0.25) is 0 Å². The van der Waals surface area contributed by atoms with Crippen LogP contribution in [0.15, 0.2) is 51.5 Å². The Labute approximate surface area is 131 Å². The quantitative estimate of drug-likeness (QED) is 0.603. The molecule has 1 heterocycles. The number of carbonyl (C=O) groups excluding carboxylic acids is 1. The standard InChI is InChI=1S/C15H8Br2FNO/c16-11-2-1-3-13-14(11)10(7-19-13)15(20)9-5-4-8(18)6-12(9)17/h1-7,19H. The number of carbonyl (C=O) groups is 1. The molecule has 0 saturated carbocycles. The van der Waals surface area contributed by atoms with Crippen molar-refractivity contribution in [3.63, 3.8) is 0 Å². The van der Waals surface area contributed by atoms with Gasteiger partial charge in [0.1, 0.15) is 5.82 Å². The fourth-order valence-corrected chi connectivity index (χ4v) is 3.25. The van der Waals surface area contributed by atoms with Crippen LogP contribution in [0.1, 0.15) is 15.9 Å². The van der Waals surface area contributed by atoms with Crippen LogP contribution in [0.5, 0.6) is 0 Å². The van der Waals surface area contributed by atoms with Crippen LogP contribution in [0, 0.1) is 5.82 Å². The molecule has 0 aliphatic rings. The second-order valence-electron chi connectivity index (χ2n) is 4.32. The van der Waals surface area contributed by atoms with Crippen molar-refractivity contribution in [2.75, 3.05) is 0 Å². The molecule has 0 bridgehead atoms. The van der Waals surface area contributed by atoms with Gasteiger partial charge in [0.2, 0.25) is 0 Å². The molecule has 0 fully saturated rings. The van der Waals surface area contributed by atoms with E-state index in [0.29, 0.717) is 15.6 Å². The lowest BCUT2D eigenvalue weighted by molar-refractivity contribution is 0.103. The van der Waals surface area contributed by atoms with E-state index in [0.717, 1.165) is 15.4 Å². The fraction of sp³-hybridized carbons (Fsp3) is 0. The third-order valence-corrected chi connectivity index (χ3v) is 4.39. The first-order valence-electron chi connectivity index (χ1n) is 5.83. The van der Waals surface area contributed by atoms with E-state index in [1.807, 2.05) is 18.2 Å². The van der Waals surface area contributed by atoms with E-state index in [1.54, 1.807) is 6.20 Å². The molecule has 0 aliphatic carbocycles. The summed E-state index contributed by atoms with van der Waals surface area (Å²) in [6, 6.07) is 9.73. The molecule has 100 valence electrons. The molecule has 0 radical (unpaired) electrons. The Morgan fingerprint density at radius 3 is 2.60 bits per heavy atom. The largest absolute Gasteiger partial charge is 0.360 e. The Bertz CT molecular complexity index is 826. The summed E-state index contributed by atoms with van der Waals surface area (Å²) in [6.07, 6.45) is 1.67. The van der Waals surface area contributed by atoms with Crippen molar-refractivity contribution in [3.8, 4) is 0 Å². The van der Waals surface area contributed by atoms with Gasteiger partial charge in [-0.2, -0.15) is 0 Å². The highest BCUT2D eigenvalue weighted by Crippen LogP contribution is 2.30. The van der Waals surface area contributed by atoms with Crippen LogP contribution in [0.4, 0.5) is 4.39 Å². The minimum Gasteiger partial charge on any atom is -0.360 e. The lowest BCUT2D eigenvalue weighted by Gasteiger charge is -2.04. The van der Waals surface area contributed by atoms with E-state index in [4.69, 9.17) is 0 Å². The maximum atomic E-state index is 13.1. The second-order valence-corrected chi connectivity index (χ2v) is 6.03. The molecular formula is C15H8Br2FNO. The molecule has 3 rings (SSSR count). The van der Waals surface area contributed by atoms with E-state index in [2.05, 4.69) is 36.8 Å². The van der Waals surface area contributed by atoms with Crippen LogP contribution < -0.4 is 0 Å². The number of hydrogen-bond donors (Lipinski definition) is 1. The minimum absolute atomic E-state index is 0.157. The molecule has 20 heavy (non-hydrogen) atoms. The monoisotopic (exact) mass is 395 g/mol. The zero-order chi connectivity index (χ0) is 14.3. The number of rotatable bonds is 2. The normalized spacial score (nSPS) is 10.9. The third kappa shape index (κ3) is 2.21. The maximum Gasteiger partial charge on any atom is 0.196 e. The summed E-state index contributed by atoms with van der Waals surface area (Å²) in [5, 5.41) is 0.828. The van der Waals surface area contributed by atoms with Gasteiger partial charge in [0.05, 0.1) is 0 Å². The molecule has 0 saturated heterocycles. The summed E-state index contributed by atoms with van der Waals surface area (Å²) >= 11 is 6.69. The molecule has 0 amide bonds. The Hall–Kier alpha value is -1.46. The third-order valence-electron chi connectivity index (χ3n) is 3.08. The lowest BCUT2D eigenvalue weighted by Crippen LogP contribution is -2.02. The van der Waals surface area contributed by atoms with Crippen LogP contribution in [-0.2, 0) is 0 Å². The van der Waals surface area contributed by atoms with E-state index in [-0.39, 0.29) is 11.6 Å². The first-order chi connectivity index (χ1) is 9.58. The van der Waals surface area contributed by atoms with Gasteiger partial charge in [-0.25, -0.2) is 4.39 Å².